The van der Waals surface area contributed by atoms with Crippen LogP contribution >= 0.6 is 23.2 Å². The molecule has 0 spiro atoms. The Labute approximate surface area is 151 Å². The topological polar surface area (TPSA) is 113 Å². The minimum Gasteiger partial charge on any atom is -0.508 e. The molecule has 6 N–H and O–H groups in total. The van der Waals surface area contributed by atoms with E-state index in [1.807, 2.05) is 0 Å². The zero-order valence-corrected chi connectivity index (χ0v) is 15.0. The van der Waals surface area contributed by atoms with E-state index < -0.39 is 18.2 Å². The fourth-order valence-corrected chi connectivity index (χ4v) is 3.30. The maximum atomic E-state index is 12.2. The number of carbonyl (C=O) groups excluding carboxylic acids is 1. The number of benzene rings is 1. The van der Waals surface area contributed by atoms with Crippen LogP contribution in [0.25, 0.3) is 0 Å². The molecule has 6 nitrogen and oxygen atoms in total. The summed E-state index contributed by atoms with van der Waals surface area (Å²) in [6.45, 7) is 2.53. The first-order valence-corrected chi connectivity index (χ1v) is 8.64. The first kappa shape index (κ1) is 19.3. The molecule has 1 heterocycles. The Balaban J connectivity index is 2.02. The summed E-state index contributed by atoms with van der Waals surface area (Å²) in [5, 5.41) is 20.1. The van der Waals surface area contributed by atoms with Gasteiger partial charge in [0.25, 0.3) is 0 Å². The number of nitrogens with zero attached hydrogens (tertiary/aromatic N) is 1. The van der Waals surface area contributed by atoms with Crippen molar-refractivity contribution in [2.24, 2.45) is 17.4 Å². The normalized spacial score (nSPS) is 19.8. The van der Waals surface area contributed by atoms with Gasteiger partial charge in [-0.2, -0.15) is 0 Å². The van der Waals surface area contributed by atoms with Crippen LogP contribution in [-0.2, 0) is 4.79 Å². The van der Waals surface area contributed by atoms with E-state index in [9.17, 15) is 15.0 Å². The average Bonchev–Trinajstić information content (AvgIpc) is 2.56. The molecule has 134 valence electrons. The molecule has 2 rings (SSSR count). The van der Waals surface area contributed by atoms with E-state index in [0.29, 0.717) is 36.5 Å². The number of aromatic hydroxyl groups is 1. The molecule has 1 aromatic rings. The average molecular weight is 376 g/mol. The Bertz CT molecular complexity index is 604. The van der Waals surface area contributed by atoms with Crippen LogP contribution in [0.5, 0.6) is 5.75 Å². The van der Waals surface area contributed by atoms with Gasteiger partial charge in [0.2, 0.25) is 5.91 Å². The molecule has 0 bridgehead atoms. The minimum absolute atomic E-state index is 0.0199. The van der Waals surface area contributed by atoms with Crippen molar-refractivity contribution in [2.45, 2.75) is 38.0 Å². The number of aliphatic hydroxyl groups is 1. The van der Waals surface area contributed by atoms with E-state index in [4.69, 9.17) is 34.7 Å². The molecule has 1 aliphatic rings. The van der Waals surface area contributed by atoms with Crippen LogP contribution in [0.2, 0.25) is 10.0 Å². The molecule has 0 radical (unpaired) electrons. The van der Waals surface area contributed by atoms with Crippen molar-refractivity contribution in [3.63, 3.8) is 0 Å². The van der Waals surface area contributed by atoms with Gasteiger partial charge in [-0.25, -0.2) is 0 Å². The van der Waals surface area contributed by atoms with Gasteiger partial charge in [-0.05, 0) is 31.7 Å². The van der Waals surface area contributed by atoms with Gasteiger partial charge in [0.05, 0.1) is 16.1 Å². The Morgan fingerprint density at radius 2 is 1.79 bits per heavy atom. The number of halogens is 2. The van der Waals surface area contributed by atoms with Crippen LogP contribution in [0.1, 0.15) is 31.4 Å². The van der Waals surface area contributed by atoms with Gasteiger partial charge >= 0.3 is 0 Å². The Hall–Kier alpha value is -1.05. The first-order valence-electron chi connectivity index (χ1n) is 7.88. The van der Waals surface area contributed by atoms with Gasteiger partial charge in [-0.1, -0.05) is 23.2 Å². The number of aliphatic hydroxyl groups excluding tert-OH is 1. The third kappa shape index (κ3) is 4.13. The Kier molecular flexibility index (Phi) is 6.33. The van der Waals surface area contributed by atoms with E-state index in [0.717, 1.165) is 0 Å². The standard InChI is InChI=1S/C16H23Cl2N3O3/c1-8(22)14(19)16(24)21-4-2-9(3-5-21)15(20)10-6-11(17)12(18)7-13(10)23/h6-9,14-15,22-23H,2-5,19-20H2,1H3/t8-,14+,15+/m0/s1. The van der Waals surface area contributed by atoms with Crippen LogP contribution in [0, 0.1) is 5.92 Å². The predicted octanol–water partition coefficient (Wildman–Crippen LogP) is 1.65. The van der Waals surface area contributed by atoms with Gasteiger partial charge in [-0.3, -0.25) is 4.79 Å². The van der Waals surface area contributed by atoms with Crippen molar-refractivity contribution in [2.75, 3.05) is 13.1 Å². The van der Waals surface area contributed by atoms with Crippen molar-refractivity contribution in [3.05, 3.63) is 27.7 Å². The molecule has 1 fully saturated rings. The second-order valence-corrected chi connectivity index (χ2v) is 7.09. The summed E-state index contributed by atoms with van der Waals surface area (Å²) in [7, 11) is 0. The first-order chi connectivity index (χ1) is 11.2. The quantitative estimate of drug-likeness (QED) is 0.638. The predicted molar refractivity (Wildman–Crippen MR) is 94.0 cm³/mol. The number of amides is 1. The lowest BCUT2D eigenvalue weighted by Crippen LogP contribution is -2.51. The van der Waals surface area contributed by atoms with E-state index in [-0.39, 0.29) is 22.6 Å². The summed E-state index contributed by atoms with van der Waals surface area (Å²) < 4.78 is 0. The van der Waals surface area contributed by atoms with Gasteiger partial charge in [0.1, 0.15) is 11.8 Å². The van der Waals surface area contributed by atoms with Crippen molar-refractivity contribution in [3.8, 4) is 5.75 Å². The maximum absolute atomic E-state index is 12.2. The number of carbonyl (C=O) groups is 1. The van der Waals surface area contributed by atoms with Crippen LogP contribution < -0.4 is 11.5 Å². The number of nitrogens with two attached hydrogens (primary N) is 2. The second-order valence-electron chi connectivity index (χ2n) is 6.28. The second kappa shape index (κ2) is 7.89. The number of hydrogen-bond donors (Lipinski definition) is 4. The van der Waals surface area contributed by atoms with Gasteiger partial charge in [0, 0.05) is 30.8 Å². The highest BCUT2D eigenvalue weighted by Gasteiger charge is 2.31. The molecule has 0 aliphatic carbocycles. The summed E-state index contributed by atoms with van der Waals surface area (Å²) in [4.78, 5) is 13.8. The van der Waals surface area contributed by atoms with Crippen molar-refractivity contribution < 1.29 is 15.0 Å². The summed E-state index contributed by atoms with van der Waals surface area (Å²) in [6, 6.07) is 1.67. The van der Waals surface area contributed by atoms with E-state index >= 15 is 0 Å². The monoisotopic (exact) mass is 375 g/mol. The van der Waals surface area contributed by atoms with E-state index in [1.165, 1.54) is 13.0 Å². The Morgan fingerprint density at radius 3 is 2.33 bits per heavy atom. The molecule has 0 unspecified atom stereocenters. The lowest BCUT2D eigenvalue weighted by molar-refractivity contribution is -0.136. The molecule has 1 amide bonds. The molecule has 24 heavy (non-hydrogen) atoms. The van der Waals surface area contributed by atoms with Crippen LogP contribution in [0.3, 0.4) is 0 Å². The molecule has 8 heteroatoms. The number of piperidine rings is 1. The van der Waals surface area contributed by atoms with Gasteiger partial charge in [0.15, 0.2) is 0 Å². The summed E-state index contributed by atoms with van der Waals surface area (Å²) >= 11 is 11.9. The summed E-state index contributed by atoms with van der Waals surface area (Å²) in [6.07, 6.45) is 0.476. The molecular formula is C16H23Cl2N3O3. The summed E-state index contributed by atoms with van der Waals surface area (Å²) in [5.74, 6) is -0.138. The molecule has 3 atom stereocenters. The highest BCUT2D eigenvalue weighted by atomic mass is 35.5. The number of phenols is 1. The molecule has 1 aromatic carbocycles. The zero-order chi connectivity index (χ0) is 18.0. The fraction of sp³-hybridized carbons (Fsp3) is 0.562. The van der Waals surface area contributed by atoms with Gasteiger partial charge in [-0.15, -0.1) is 0 Å². The smallest absolute Gasteiger partial charge is 0.242 e. The third-order valence-corrected chi connectivity index (χ3v) is 5.31. The maximum Gasteiger partial charge on any atom is 0.242 e. The van der Waals surface area contributed by atoms with Crippen LogP contribution in [0.15, 0.2) is 12.1 Å². The van der Waals surface area contributed by atoms with E-state index in [2.05, 4.69) is 0 Å². The SMILES string of the molecule is C[C@H](O)[C@@H](N)C(=O)N1CCC([C@@H](N)c2cc(Cl)c(Cl)cc2O)CC1. The summed E-state index contributed by atoms with van der Waals surface area (Å²) in [5.41, 5.74) is 12.5. The fourth-order valence-electron chi connectivity index (χ4n) is 2.97. The molecular weight excluding hydrogens is 353 g/mol. The molecule has 0 saturated carbocycles. The van der Waals surface area contributed by atoms with Crippen LogP contribution in [0.4, 0.5) is 0 Å². The lowest BCUT2D eigenvalue weighted by Gasteiger charge is -2.36. The number of hydrogen-bond acceptors (Lipinski definition) is 5. The number of rotatable bonds is 4. The zero-order valence-electron chi connectivity index (χ0n) is 13.5. The highest BCUT2D eigenvalue weighted by Crippen LogP contribution is 2.37. The lowest BCUT2D eigenvalue weighted by atomic mass is 9.85. The van der Waals surface area contributed by atoms with Crippen molar-refractivity contribution in [1.82, 2.24) is 4.90 Å². The molecule has 0 aromatic heterocycles. The highest BCUT2D eigenvalue weighted by molar-refractivity contribution is 6.42. The Morgan fingerprint density at radius 1 is 1.25 bits per heavy atom. The molecule has 1 saturated heterocycles. The van der Waals surface area contributed by atoms with Crippen molar-refractivity contribution >= 4 is 29.1 Å². The number of likely N-dealkylation sites (tertiary alicyclic amines) is 1. The molecule has 1 aliphatic heterocycles. The van der Waals surface area contributed by atoms with E-state index in [1.54, 1.807) is 11.0 Å². The van der Waals surface area contributed by atoms with Crippen molar-refractivity contribution in [1.29, 1.82) is 0 Å². The number of phenolic OH excluding ortho intramolecular Hbond substituents is 1. The minimum atomic E-state index is -0.908. The third-order valence-electron chi connectivity index (χ3n) is 4.59. The largest absolute Gasteiger partial charge is 0.508 e. The van der Waals surface area contributed by atoms with Crippen LogP contribution in [-0.4, -0.2) is 46.3 Å². The van der Waals surface area contributed by atoms with Gasteiger partial charge < -0.3 is 26.6 Å².